The van der Waals surface area contributed by atoms with Gasteiger partial charge in [0.2, 0.25) is 0 Å². The van der Waals surface area contributed by atoms with E-state index in [0.717, 1.165) is 5.69 Å². The highest BCUT2D eigenvalue weighted by atomic mass is 16.1. The second-order valence-corrected chi connectivity index (χ2v) is 4.14. The molecule has 5 heteroatoms. The van der Waals surface area contributed by atoms with Gasteiger partial charge < -0.3 is 10.7 Å². The lowest BCUT2D eigenvalue weighted by atomic mass is 10.1. The minimum atomic E-state index is -0.188. The van der Waals surface area contributed by atoms with Crippen LogP contribution < -0.4 is 16.6 Å². The van der Waals surface area contributed by atoms with Crippen LogP contribution in [0.15, 0.2) is 48.7 Å². The summed E-state index contributed by atoms with van der Waals surface area (Å²) in [5.41, 5.74) is 4.43. The molecule has 0 aliphatic rings. The highest BCUT2D eigenvalue weighted by Crippen LogP contribution is 2.15. The van der Waals surface area contributed by atoms with Crippen molar-refractivity contribution in [2.24, 2.45) is 5.84 Å². The molecule has 0 saturated carbocycles. The van der Waals surface area contributed by atoms with Gasteiger partial charge in [-0.3, -0.25) is 15.6 Å². The van der Waals surface area contributed by atoms with Crippen LogP contribution in [0.2, 0.25) is 0 Å². The topological polar surface area (TPSA) is 80.0 Å². The molecule has 4 N–H and O–H groups in total. The number of carbonyl (C=O) groups excluding carboxylic acids is 1. The van der Waals surface area contributed by atoms with Crippen LogP contribution in [-0.4, -0.2) is 10.9 Å². The molecule has 1 unspecified atom stereocenters. The third-order valence-electron chi connectivity index (χ3n) is 2.81. The van der Waals surface area contributed by atoms with Gasteiger partial charge in [0.05, 0.1) is 23.0 Å². The van der Waals surface area contributed by atoms with E-state index in [9.17, 15) is 4.79 Å². The maximum Gasteiger partial charge on any atom is 0.253 e. The number of nitrogens with zero attached hydrogens (tertiary/aromatic N) is 1. The van der Waals surface area contributed by atoms with E-state index >= 15 is 0 Å². The first-order chi connectivity index (χ1) is 9.22. The average Bonchev–Trinajstić information content (AvgIpc) is 2.48. The van der Waals surface area contributed by atoms with E-state index in [4.69, 9.17) is 5.84 Å². The number of pyridine rings is 1. The molecule has 98 valence electrons. The number of carbonyl (C=O) groups is 1. The molecule has 2 rings (SSSR count). The lowest BCUT2D eigenvalue weighted by Crippen LogP contribution is -2.28. The minimum absolute atomic E-state index is 0.167. The van der Waals surface area contributed by atoms with Gasteiger partial charge in [0.1, 0.15) is 0 Å². The molecule has 0 aliphatic carbocycles. The Bertz CT molecular complexity index is 556. The lowest BCUT2D eigenvalue weighted by molar-refractivity contribution is 0.0940. The number of rotatable bonds is 4. The zero-order valence-electron chi connectivity index (χ0n) is 10.6. The Kier molecular flexibility index (Phi) is 4.10. The molecular formula is C14H16N4O. The highest BCUT2D eigenvalue weighted by Gasteiger charge is 2.14. The fourth-order valence-corrected chi connectivity index (χ4v) is 1.79. The molecule has 0 saturated heterocycles. The zero-order valence-corrected chi connectivity index (χ0v) is 10.6. The SMILES string of the molecule is CC(NC(=O)c1ccccc1NN)c1ccccn1. The van der Waals surface area contributed by atoms with Gasteiger partial charge in [0.15, 0.2) is 0 Å². The number of benzene rings is 1. The maximum atomic E-state index is 12.2. The second-order valence-electron chi connectivity index (χ2n) is 4.14. The number of nitrogens with two attached hydrogens (primary N) is 1. The van der Waals surface area contributed by atoms with E-state index in [1.165, 1.54) is 0 Å². The van der Waals surface area contributed by atoms with Crippen LogP contribution in [0, 0.1) is 0 Å². The molecular weight excluding hydrogens is 240 g/mol. The Hall–Kier alpha value is -2.40. The summed E-state index contributed by atoms with van der Waals surface area (Å²) in [5, 5.41) is 2.89. The van der Waals surface area contributed by atoms with Crippen LogP contribution in [0.25, 0.3) is 0 Å². The molecule has 0 spiro atoms. The Balaban J connectivity index is 2.13. The Morgan fingerprint density at radius 1 is 1.21 bits per heavy atom. The largest absolute Gasteiger partial charge is 0.344 e. The molecule has 1 amide bonds. The van der Waals surface area contributed by atoms with Crippen molar-refractivity contribution < 1.29 is 4.79 Å². The summed E-state index contributed by atoms with van der Waals surface area (Å²) in [6.07, 6.45) is 1.70. The Labute approximate surface area is 111 Å². The quantitative estimate of drug-likeness (QED) is 0.576. The number of nitrogens with one attached hydrogen (secondary N) is 2. The van der Waals surface area contributed by atoms with Crippen LogP contribution in [0.5, 0.6) is 0 Å². The summed E-state index contributed by atoms with van der Waals surface area (Å²) in [6, 6.07) is 12.5. The fraction of sp³-hybridized carbons (Fsp3) is 0.143. The van der Waals surface area contributed by atoms with Gasteiger partial charge in [-0.25, -0.2) is 0 Å². The van der Waals surface area contributed by atoms with Crippen LogP contribution in [-0.2, 0) is 0 Å². The van der Waals surface area contributed by atoms with Crippen LogP contribution in [0.3, 0.4) is 0 Å². The predicted molar refractivity (Wildman–Crippen MR) is 74.4 cm³/mol. The lowest BCUT2D eigenvalue weighted by Gasteiger charge is -2.15. The molecule has 5 nitrogen and oxygen atoms in total. The average molecular weight is 256 g/mol. The van der Waals surface area contributed by atoms with Gasteiger partial charge in [-0.15, -0.1) is 0 Å². The number of anilines is 1. The number of hydrogen-bond donors (Lipinski definition) is 3. The number of amides is 1. The van der Waals surface area contributed by atoms with Gasteiger partial charge in [-0.1, -0.05) is 18.2 Å². The summed E-state index contributed by atoms with van der Waals surface area (Å²) in [4.78, 5) is 16.4. The second kappa shape index (κ2) is 5.97. The first kappa shape index (κ1) is 13.0. The molecule has 0 bridgehead atoms. The predicted octanol–water partition coefficient (Wildman–Crippen LogP) is 1.86. The molecule has 1 atom stereocenters. The van der Waals surface area contributed by atoms with Crippen LogP contribution in [0.1, 0.15) is 29.0 Å². The van der Waals surface area contributed by atoms with E-state index in [2.05, 4.69) is 15.7 Å². The molecule has 1 aromatic heterocycles. The molecule has 0 aliphatic heterocycles. The van der Waals surface area contributed by atoms with E-state index in [-0.39, 0.29) is 11.9 Å². The highest BCUT2D eigenvalue weighted by molar-refractivity contribution is 5.99. The van der Waals surface area contributed by atoms with E-state index in [1.807, 2.05) is 31.2 Å². The summed E-state index contributed by atoms with van der Waals surface area (Å²) in [5.74, 6) is 5.20. The number of nitrogen functional groups attached to an aromatic ring is 1. The van der Waals surface area contributed by atoms with Crippen molar-refractivity contribution in [1.29, 1.82) is 0 Å². The Morgan fingerprint density at radius 3 is 2.63 bits per heavy atom. The van der Waals surface area contributed by atoms with Crippen molar-refractivity contribution in [1.82, 2.24) is 10.3 Å². The molecule has 0 fully saturated rings. The van der Waals surface area contributed by atoms with Crippen molar-refractivity contribution in [3.8, 4) is 0 Å². The molecule has 2 aromatic rings. The zero-order chi connectivity index (χ0) is 13.7. The number of para-hydroxylation sites is 1. The first-order valence-electron chi connectivity index (χ1n) is 6.00. The van der Waals surface area contributed by atoms with E-state index in [1.54, 1.807) is 24.4 Å². The van der Waals surface area contributed by atoms with Crippen molar-refractivity contribution in [3.63, 3.8) is 0 Å². The smallest absolute Gasteiger partial charge is 0.253 e. The normalized spacial score (nSPS) is 11.7. The molecule has 1 heterocycles. The molecule has 0 radical (unpaired) electrons. The van der Waals surface area contributed by atoms with Gasteiger partial charge in [-0.2, -0.15) is 0 Å². The number of hydrogen-bond acceptors (Lipinski definition) is 4. The first-order valence-corrected chi connectivity index (χ1v) is 6.00. The molecule has 1 aromatic carbocycles. The van der Waals surface area contributed by atoms with Crippen molar-refractivity contribution in [3.05, 3.63) is 59.9 Å². The summed E-state index contributed by atoms with van der Waals surface area (Å²) < 4.78 is 0. The monoisotopic (exact) mass is 256 g/mol. The Morgan fingerprint density at radius 2 is 1.95 bits per heavy atom. The summed E-state index contributed by atoms with van der Waals surface area (Å²) >= 11 is 0. The number of aromatic nitrogens is 1. The van der Waals surface area contributed by atoms with Gasteiger partial charge in [-0.05, 0) is 31.2 Å². The summed E-state index contributed by atoms with van der Waals surface area (Å²) in [6.45, 7) is 1.89. The van der Waals surface area contributed by atoms with Gasteiger partial charge in [0.25, 0.3) is 5.91 Å². The third-order valence-corrected chi connectivity index (χ3v) is 2.81. The van der Waals surface area contributed by atoms with Crippen LogP contribution >= 0.6 is 0 Å². The van der Waals surface area contributed by atoms with Crippen molar-refractivity contribution in [2.75, 3.05) is 5.43 Å². The standard InChI is InChI=1S/C14H16N4O/c1-10(12-7-4-5-9-16-12)17-14(19)11-6-2-3-8-13(11)18-15/h2-10,18H,15H2,1H3,(H,17,19). The summed E-state index contributed by atoms with van der Waals surface area (Å²) in [7, 11) is 0. The van der Waals surface area contributed by atoms with Crippen molar-refractivity contribution >= 4 is 11.6 Å². The van der Waals surface area contributed by atoms with E-state index in [0.29, 0.717) is 11.3 Å². The number of hydrazine groups is 1. The third kappa shape index (κ3) is 3.08. The minimum Gasteiger partial charge on any atom is -0.344 e. The van der Waals surface area contributed by atoms with Crippen molar-refractivity contribution in [2.45, 2.75) is 13.0 Å². The fourth-order valence-electron chi connectivity index (χ4n) is 1.79. The van der Waals surface area contributed by atoms with E-state index < -0.39 is 0 Å². The van der Waals surface area contributed by atoms with Gasteiger partial charge >= 0.3 is 0 Å². The van der Waals surface area contributed by atoms with Gasteiger partial charge in [0, 0.05) is 6.20 Å². The van der Waals surface area contributed by atoms with Crippen LogP contribution in [0.4, 0.5) is 5.69 Å². The maximum absolute atomic E-state index is 12.2. The molecule has 19 heavy (non-hydrogen) atoms.